The Morgan fingerprint density at radius 1 is 1.00 bits per heavy atom. The molecule has 0 amide bonds. The molecule has 0 saturated carbocycles. The van der Waals surface area contributed by atoms with Gasteiger partial charge in [0, 0.05) is 18.8 Å². The van der Waals surface area contributed by atoms with Crippen LogP contribution in [0.4, 0.5) is 5.69 Å². The van der Waals surface area contributed by atoms with Crippen LogP contribution >= 0.6 is 0 Å². The van der Waals surface area contributed by atoms with Gasteiger partial charge in [0.1, 0.15) is 5.75 Å². The van der Waals surface area contributed by atoms with E-state index >= 15 is 0 Å². The fourth-order valence-electron chi connectivity index (χ4n) is 1.34. The summed E-state index contributed by atoms with van der Waals surface area (Å²) in [5.41, 5.74) is 1.07. The number of anilines is 1. The predicted molar refractivity (Wildman–Crippen MR) is 68.8 cm³/mol. The molecule has 1 aromatic rings. The molecule has 4 heteroatoms. The van der Waals surface area contributed by atoms with Crippen LogP contribution < -0.4 is 10.1 Å². The predicted octanol–water partition coefficient (Wildman–Crippen LogP) is 2.16. The van der Waals surface area contributed by atoms with E-state index in [9.17, 15) is 0 Å². The summed E-state index contributed by atoms with van der Waals surface area (Å²) in [6.45, 7) is 5.51. The summed E-state index contributed by atoms with van der Waals surface area (Å²) >= 11 is 0. The van der Waals surface area contributed by atoms with Gasteiger partial charge in [-0.15, -0.1) is 0 Å². The van der Waals surface area contributed by atoms with Crippen molar-refractivity contribution < 1.29 is 14.2 Å². The van der Waals surface area contributed by atoms with Crippen LogP contribution in [0.1, 0.15) is 6.92 Å². The third kappa shape index (κ3) is 6.14. The normalized spacial score (nSPS) is 10.2. The number of nitrogens with one attached hydrogen (secondary N) is 1. The smallest absolute Gasteiger partial charge is 0.119 e. The maximum atomic E-state index is 5.39. The van der Waals surface area contributed by atoms with Gasteiger partial charge in [0.25, 0.3) is 0 Å². The van der Waals surface area contributed by atoms with Crippen molar-refractivity contribution in [2.24, 2.45) is 0 Å². The third-order valence-electron chi connectivity index (χ3n) is 2.24. The molecule has 0 aliphatic carbocycles. The molecule has 0 aromatic heterocycles. The minimum atomic E-state index is 0.651. The van der Waals surface area contributed by atoms with Gasteiger partial charge in [-0.05, 0) is 31.2 Å². The molecule has 1 aromatic carbocycles. The van der Waals surface area contributed by atoms with Crippen LogP contribution in [-0.2, 0) is 9.47 Å². The van der Waals surface area contributed by atoms with Gasteiger partial charge < -0.3 is 19.5 Å². The Labute approximate surface area is 103 Å². The number of benzene rings is 1. The molecule has 0 saturated heterocycles. The van der Waals surface area contributed by atoms with E-state index in [0.29, 0.717) is 19.8 Å². The maximum Gasteiger partial charge on any atom is 0.119 e. The zero-order valence-electron chi connectivity index (χ0n) is 10.6. The Morgan fingerprint density at radius 3 is 2.35 bits per heavy atom. The highest BCUT2D eigenvalue weighted by Crippen LogP contribution is 2.14. The standard InChI is InChI=1S/C13H21NO3/c1-3-16-10-11-17-9-8-14-12-4-6-13(15-2)7-5-12/h4-7,14H,3,8-11H2,1-2H3. The Hall–Kier alpha value is -1.26. The van der Waals surface area contributed by atoms with E-state index in [1.807, 2.05) is 31.2 Å². The van der Waals surface area contributed by atoms with Crippen LogP contribution in [0.3, 0.4) is 0 Å². The Bertz CT molecular complexity index is 287. The molecule has 0 aliphatic heterocycles. The summed E-state index contributed by atoms with van der Waals surface area (Å²) < 4.78 is 15.6. The minimum Gasteiger partial charge on any atom is -0.497 e. The first-order chi connectivity index (χ1) is 8.36. The first kappa shape index (κ1) is 13.8. The molecule has 0 fully saturated rings. The topological polar surface area (TPSA) is 39.7 Å². The molecule has 17 heavy (non-hydrogen) atoms. The van der Waals surface area contributed by atoms with E-state index in [1.54, 1.807) is 7.11 Å². The first-order valence-corrected chi connectivity index (χ1v) is 5.90. The maximum absolute atomic E-state index is 5.39. The highest BCUT2D eigenvalue weighted by Gasteiger charge is 1.93. The van der Waals surface area contributed by atoms with Gasteiger partial charge in [-0.2, -0.15) is 0 Å². The second-order valence-corrected chi connectivity index (χ2v) is 3.46. The van der Waals surface area contributed by atoms with Crippen molar-refractivity contribution in [2.45, 2.75) is 6.92 Å². The van der Waals surface area contributed by atoms with Crippen molar-refractivity contribution in [2.75, 3.05) is 45.4 Å². The van der Waals surface area contributed by atoms with Gasteiger partial charge in [0.15, 0.2) is 0 Å². The van der Waals surface area contributed by atoms with Gasteiger partial charge in [-0.3, -0.25) is 0 Å². The van der Waals surface area contributed by atoms with Crippen molar-refractivity contribution >= 4 is 5.69 Å². The van der Waals surface area contributed by atoms with Crippen molar-refractivity contribution in [3.8, 4) is 5.75 Å². The Morgan fingerprint density at radius 2 is 1.71 bits per heavy atom. The quantitative estimate of drug-likeness (QED) is 0.670. The number of hydrogen-bond acceptors (Lipinski definition) is 4. The number of ether oxygens (including phenoxy) is 3. The van der Waals surface area contributed by atoms with Gasteiger partial charge >= 0.3 is 0 Å². The largest absolute Gasteiger partial charge is 0.497 e. The molecule has 1 N–H and O–H groups in total. The third-order valence-corrected chi connectivity index (χ3v) is 2.24. The molecule has 0 spiro atoms. The van der Waals surface area contributed by atoms with Crippen LogP contribution in [0.15, 0.2) is 24.3 Å². The van der Waals surface area contributed by atoms with Crippen LogP contribution in [0.5, 0.6) is 5.75 Å². The van der Waals surface area contributed by atoms with E-state index in [2.05, 4.69) is 5.32 Å². The Balaban J connectivity index is 2.05. The average Bonchev–Trinajstić information content (AvgIpc) is 2.38. The monoisotopic (exact) mass is 239 g/mol. The van der Waals surface area contributed by atoms with E-state index in [-0.39, 0.29) is 0 Å². The average molecular weight is 239 g/mol. The molecule has 1 rings (SSSR count). The molecule has 0 bridgehead atoms. The van der Waals surface area contributed by atoms with Crippen LogP contribution in [-0.4, -0.2) is 40.1 Å². The van der Waals surface area contributed by atoms with Gasteiger partial charge in [0.05, 0.1) is 26.9 Å². The van der Waals surface area contributed by atoms with Crippen LogP contribution in [0.2, 0.25) is 0 Å². The van der Waals surface area contributed by atoms with Crippen LogP contribution in [0.25, 0.3) is 0 Å². The zero-order chi connectivity index (χ0) is 12.3. The minimum absolute atomic E-state index is 0.651. The summed E-state index contributed by atoms with van der Waals surface area (Å²) in [6, 6.07) is 7.83. The summed E-state index contributed by atoms with van der Waals surface area (Å²) in [5.74, 6) is 0.864. The molecule has 0 unspecified atom stereocenters. The van der Waals surface area contributed by atoms with Gasteiger partial charge in [-0.1, -0.05) is 0 Å². The molecule has 96 valence electrons. The second kappa shape index (κ2) is 8.84. The highest BCUT2D eigenvalue weighted by atomic mass is 16.5. The summed E-state index contributed by atoms with van der Waals surface area (Å²) in [7, 11) is 1.66. The van der Waals surface area contributed by atoms with Crippen molar-refractivity contribution in [3.63, 3.8) is 0 Å². The number of methoxy groups -OCH3 is 1. The second-order valence-electron chi connectivity index (χ2n) is 3.46. The lowest BCUT2D eigenvalue weighted by molar-refractivity contribution is 0.0570. The van der Waals surface area contributed by atoms with Crippen molar-refractivity contribution in [3.05, 3.63) is 24.3 Å². The summed E-state index contributed by atoms with van der Waals surface area (Å²) in [4.78, 5) is 0. The summed E-state index contributed by atoms with van der Waals surface area (Å²) in [5, 5.41) is 3.27. The van der Waals surface area contributed by atoms with Gasteiger partial charge in [0.2, 0.25) is 0 Å². The lowest BCUT2D eigenvalue weighted by atomic mass is 10.3. The van der Waals surface area contributed by atoms with Crippen LogP contribution in [0, 0.1) is 0 Å². The van der Waals surface area contributed by atoms with Gasteiger partial charge in [-0.25, -0.2) is 0 Å². The zero-order valence-corrected chi connectivity index (χ0v) is 10.6. The first-order valence-electron chi connectivity index (χ1n) is 5.90. The number of rotatable bonds is 9. The van der Waals surface area contributed by atoms with E-state index < -0.39 is 0 Å². The summed E-state index contributed by atoms with van der Waals surface area (Å²) in [6.07, 6.45) is 0. The Kier molecular flexibility index (Phi) is 7.18. The van der Waals surface area contributed by atoms with E-state index in [4.69, 9.17) is 14.2 Å². The fraction of sp³-hybridized carbons (Fsp3) is 0.538. The number of hydrogen-bond donors (Lipinski definition) is 1. The molecular formula is C13H21NO3. The molecule has 0 heterocycles. The lowest BCUT2D eigenvalue weighted by Crippen LogP contribution is -2.12. The van der Waals surface area contributed by atoms with E-state index in [1.165, 1.54) is 0 Å². The highest BCUT2D eigenvalue weighted by molar-refractivity contribution is 5.46. The molecule has 4 nitrogen and oxygen atoms in total. The van der Waals surface area contributed by atoms with Crippen molar-refractivity contribution in [1.29, 1.82) is 0 Å². The molecule has 0 atom stereocenters. The molecule has 0 radical (unpaired) electrons. The van der Waals surface area contributed by atoms with Crippen molar-refractivity contribution in [1.82, 2.24) is 0 Å². The molecule has 0 aliphatic rings. The lowest BCUT2D eigenvalue weighted by Gasteiger charge is -2.08. The SMILES string of the molecule is CCOCCOCCNc1ccc(OC)cc1. The molecular weight excluding hydrogens is 218 g/mol. The van der Waals surface area contributed by atoms with E-state index in [0.717, 1.165) is 24.6 Å². The fourth-order valence-corrected chi connectivity index (χ4v) is 1.34.